The number of phenols is 5. The van der Waals surface area contributed by atoms with E-state index in [0.29, 0.717) is 11.1 Å². The van der Waals surface area contributed by atoms with Gasteiger partial charge >= 0.3 is 0 Å². The summed E-state index contributed by atoms with van der Waals surface area (Å²) in [6, 6.07) is 5.40. The van der Waals surface area contributed by atoms with Gasteiger partial charge in [0, 0.05) is 16.7 Å². The molecule has 10 heteroatoms. The number of aliphatic hydroxyl groups excluding tert-OH is 1. The van der Waals surface area contributed by atoms with Crippen LogP contribution in [0.2, 0.25) is 0 Å². The molecule has 3 atom stereocenters. The topological polar surface area (TPSA) is 185 Å². The Kier molecular flexibility index (Phi) is 4.92. The molecule has 3 aromatic rings. The molecule has 206 valence electrons. The maximum Gasteiger partial charge on any atom is 0.204 e. The number of ether oxygens (including phenoxy) is 1. The molecule has 0 aromatic heterocycles. The fourth-order valence-corrected chi connectivity index (χ4v) is 6.65. The van der Waals surface area contributed by atoms with Gasteiger partial charge in [0.15, 0.2) is 11.4 Å². The van der Waals surface area contributed by atoms with Crippen LogP contribution in [-0.2, 0) is 10.4 Å². The lowest BCUT2D eigenvalue weighted by Crippen LogP contribution is -2.59. The van der Waals surface area contributed by atoms with Crippen LogP contribution < -0.4 is 4.74 Å². The van der Waals surface area contributed by atoms with E-state index in [1.807, 2.05) is 0 Å². The van der Waals surface area contributed by atoms with Gasteiger partial charge in [0.1, 0.15) is 57.0 Å². The Morgan fingerprint density at radius 2 is 1.45 bits per heavy atom. The molecule has 0 saturated heterocycles. The van der Waals surface area contributed by atoms with Crippen molar-refractivity contribution in [3.8, 4) is 34.5 Å². The maximum atomic E-state index is 13.9. The van der Waals surface area contributed by atoms with Crippen molar-refractivity contribution in [2.75, 3.05) is 0 Å². The summed E-state index contributed by atoms with van der Waals surface area (Å²) >= 11 is 0. The highest BCUT2D eigenvalue weighted by Crippen LogP contribution is 2.66. The number of aromatic hydroxyl groups is 5. The largest absolute Gasteiger partial charge is 0.507 e. The maximum absolute atomic E-state index is 13.9. The Balaban J connectivity index is 1.63. The third-order valence-corrected chi connectivity index (χ3v) is 8.53. The number of Topliss-reactive ketones (excluding diaryl/α,β-unsaturated/α-hetero) is 1. The molecule has 3 unspecified atom stereocenters. The molecule has 1 aliphatic heterocycles. The van der Waals surface area contributed by atoms with E-state index in [9.17, 15) is 45.3 Å². The lowest BCUT2D eigenvalue weighted by Gasteiger charge is -2.49. The second-order valence-electron chi connectivity index (χ2n) is 11.0. The van der Waals surface area contributed by atoms with Gasteiger partial charge in [-0.2, -0.15) is 0 Å². The van der Waals surface area contributed by atoms with E-state index in [-0.39, 0.29) is 45.7 Å². The van der Waals surface area contributed by atoms with E-state index in [0.717, 1.165) is 0 Å². The third kappa shape index (κ3) is 2.86. The van der Waals surface area contributed by atoms with Crippen molar-refractivity contribution in [2.45, 2.75) is 51.2 Å². The summed E-state index contributed by atoms with van der Waals surface area (Å²) in [6.07, 6.45) is -0.346. The molecule has 3 aromatic carbocycles. The molecular formula is C30H26O10. The average molecular weight is 547 g/mol. The van der Waals surface area contributed by atoms with E-state index in [2.05, 4.69) is 0 Å². The smallest absolute Gasteiger partial charge is 0.204 e. The van der Waals surface area contributed by atoms with Gasteiger partial charge in [-0.15, -0.1) is 0 Å². The van der Waals surface area contributed by atoms with Crippen LogP contribution in [0.3, 0.4) is 0 Å². The minimum Gasteiger partial charge on any atom is -0.507 e. The highest BCUT2D eigenvalue weighted by atomic mass is 16.5. The average Bonchev–Trinajstić information content (AvgIpc) is 3.13. The van der Waals surface area contributed by atoms with Gasteiger partial charge in [0.25, 0.3) is 0 Å². The molecule has 0 spiro atoms. The van der Waals surface area contributed by atoms with Crippen molar-refractivity contribution in [3.05, 3.63) is 74.3 Å². The monoisotopic (exact) mass is 546 g/mol. The van der Waals surface area contributed by atoms with Crippen LogP contribution in [0.25, 0.3) is 5.76 Å². The lowest BCUT2D eigenvalue weighted by atomic mass is 9.66. The van der Waals surface area contributed by atoms with Crippen LogP contribution in [0.4, 0.5) is 0 Å². The molecule has 10 nitrogen and oxygen atoms in total. The summed E-state index contributed by atoms with van der Waals surface area (Å²) < 4.78 is 6.17. The van der Waals surface area contributed by atoms with Crippen molar-refractivity contribution in [1.29, 1.82) is 0 Å². The Morgan fingerprint density at radius 3 is 2.08 bits per heavy atom. The summed E-state index contributed by atoms with van der Waals surface area (Å²) in [4.78, 5) is 27.5. The predicted octanol–water partition coefficient (Wildman–Crippen LogP) is 3.75. The van der Waals surface area contributed by atoms with Crippen LogP contribution >= 0.6 is 0 Å². The summed E-state index contributed by atoms with van der Waals surface area (Å²) in [6.45, 7) is 5.96. The molecule has 6 rings (SSSR count). The zero-order valence-electron chi connectivity index (χ0n) is 21.9. The standard InChI is InChI=1S/C30H26O10/c1-10-5-14(31)20(15(32)6-10)27(37)18-12(3)24(34)22-19(26(18)36)13-9-30(22,39)29(4)23(25(13)35)28(38)21-16(33)7-11(2)8-17(21)40-29/h5-8,13,31-34,36,38-39H,9H2,1-4H3. The van der Waals surface area contributed by atoms with Crippen molar-refractivity contribution < 1.29 is 50.1 Å². The van der Waals surface area contributed by atoms with E-state index < -0.39 is 68.6 Å². The number of aryl methyl sites for hydroxylation is 2. The number of phenolic OH excluding ortho intramolecular Hbond substituents is 5. The summed E-state index contributed by atoms with van der Waals surface area (Å²) in [5, 5.41) is 77.8. The van der Waals surface area contributed by atoms with Crippen LogP contribution in [0, 0.1) is 20.8 Å². The van der Waals surface area contributed by atoms with Crippen molar-refractivity contribution in [1.82, 2.24) is 0 Å². The van der Waals surface area contributed by atoms with Crippen molar-refractivity contribution >= 4 is 17.3 Å². The van der Waals surface area contributed by atoms with Crippen LogP contribution in [0.5, 0.6) is 34.5 Å². The van der Waals surface area contributed by atoms with E-state index >= 15 is 0 Å². The van der Waals surface area contributed by atoms with Crippen LogP contribution in [-0.4, -0.2) is 52.9 Å². The van der Waals surface area contributed by atoms with Gasteiger partial charge < -0.3 is 40.5 Å². The first-order chi connectivity index (χ1) is 18.6. The molecule has 1 fully saturated rings. The minimum atomic E-state index is -2.16. The number of fused-ring (bicyclic) bond motifs is 8. The molecule has 2 bridgehead atoms. The Hall–Kier alpha value is -4.70. The van der Waals surface area contributed by atoms with Gasteiger partial charge in [-0.25, -0.2) is 0 Å². The highest BCUT2D eigenvalue weighted by Gasteiger charge is 2.69. The van der Waals surface area contributed by atoms with Gasteiger partial charge in [-0.05, 0) is 69.5 Å². The SMILES string of the molecule is Cc1cc(O)c(C(=O)c2c(C)c(O)c3c(c2O)C2CC3(O)C3(C)Oc4cc(C)cc(O)c4C(O)=C3C2=O)c(O)c1. The van der Waals surface area contributed by atoms with Gasteiger partial charge in [-0.3, -0.25) is 9.59 Å². The molecule has 1 saturated carbocycles. The molecule has 40 heavy (non-hydrogen) atoms. The summed E-state index contributed by atoms with van der Waals surface area (Å²) in [5.41, 5.74) is -5.18. The number of aliphatic hydroxyl groups is 2. The van der Waals surface area contributed by atoms with E-state index in [1.165, 1.54) is 38.1 Å². The first-order valence-corrected chi connectivity index (χ1v) is 12.5. The van der Waals surface area contributed by atoms with E-state index in [4.69, 9.17) is 4.74 Å². The number of rotatable bonds is 2. The Morgan fingerprint density at radius 1 is 0.875 bits per heavy atom. The second-order valence-corrected chi connectivity index (χ2v) is 11.0. The quantitative estimate of drug-likeness (QED) is 0.184. The summed E-state index contributed by atoms with van der Waals surface area (Å²) in [5.74, 6) is -6.42. The normalized spacial score (nSPS) is 24.3. The second kappa shape index (κ2) is 7.70. The lowest BCUT2D eigenvalue weighted by molar-refractivity contribution is -0.146. The predicted molar refractivity (Wildman–Crippen MR) is 140 cm³/mol. The molecule has 2 aliphatic carbocycles. The Labute approximate surface area is 227 Å². The molecule has 3 aliphatic rings. The van der Waals surface area contributed by atoms with Gasteiger partial charge in [0.05, 0.1) is 17.1 Å². The van der Waals surface area contributed by atoms with Gasteiger partial charge in [-0.1, -0.05) is 0 Å². The number of hydrogen-bond acceptors (Lipinski definition) is 10. The van der Waals surface area contributed by atoms with Crippen molar-refractivity contribution in [2.24, 2.45) is 0 Å². The Bertz CT molecular complexity index is 1740. The number of carbonyl (C=O) groups excluding carboxylic acids is 2. The van der Waals surface area contributed by atoms with Crippen molar-refractivity contribution in [3.63, 3.8) is 0 Å². The fraction of sp³-hybridized carbons (Fsp3) is 0.267. The van der Waals surface area contributed by atoms with Gasteiger partial charge in [0.2, 0.25) is 5.78 Å². The molecular weight excluding hydrogens is 520 g/mol. The first-order valence-electron chi connectivity index (χ1n) is 12.5. The number of ketones is 2. The fourth-order valence-electron chi connectivity index (χ4n) is 6.65. The molecule has 0 amide bonds. The molecule has 7 N–H and O–H groups in total. The zero-order chi connectivity index (χ0) is 29.2. The highest BCUT2D eigenvalue weighted by molar-refractivity contribution is 6.17. The zero-order valence-corrected chi connectivity index (χ0v) is 21.9. The minimum absolute atomic E-state index is 0.00641. The van der Waals surface area contributed by atoms with Crippen LogP contribution in [0.15, 0.2) is 29.8 Å². The molecule has 1 heterocycles. The summed E-state index contributed by atoms with van der Waals surface area (Å²) in [7, 11) is 0. The van der Waals surface area contributed by atoms with Crippen LogP contribution in [0.1, 0.15) is 68.6 Å². The number of hydrogen-bond donors (Lipinski definition) is 7. The molecule has 0 radical (unpaired) electrons. The van der Waals surface area contributed by atoms with E-state index in [1.54, 1.807) is 13.8 Å². The first kappa shape index (κ1) is 25.6. The third-order valence-electron chi connectivity index (χ3n) is 8.53. The number of carbonyl (C=O) groups is 2. The number of benzene rings is 3.